The van der Waals surface area contributed by atoms with Gasteiger partial charge in [-0.1, -0.05) is 11.6 Å². The van der Waals surface area contributed by atoms with Crippen molar-refractivity contribution in [2.45, 2.75) is 19.9 Å². The monoisotopic (exact) mass is 269 g/mol. The number of hydrogen-bond donors (Lipinski definition) is 2. The number of H-pyrrole nitrogens is 1. The van der Waals surface area contributed by atoms with Crippen LogP contribution in [0.15, 0.2) is 27.6 Å². The first-order valence-electron chi connectivity index (χ1n) is 5.35. The SMILES string of the molecule is CC(C)n1[nH]c(NC(=O)c2ccco2)c(Cl)c1=O. The summed E-state index contributed by atoms with van der Waals surface area (Å²) in [5, 5.41) is 5.18. The summed E-state index contributed by atoms with van der Waals surface area (Å²) >= 11 is 5.85. The molecule has 2 rings (SSSR count). The Labute approximate surface area is 108 Å². The van der Waals surface area contributed by atoms with Crippen molar-refractivity contribution in [2.24, 2.45) is 0 Å². The molecule has 96 valence electrons. The second kappa shape index (κ2) is 4.73. The van der Waals surface area contributed by atoms with Crippen molar-refractivity contribution >= 4 is 23.3 Å². The molecule has 1 amide bonds. The van der Waals surface area contributed by atoms with E-state index in [1.54, 1.807) is 6.07 Å². The van der Waals surface area contributed by atoms with Crippen molar-refractivity contribution < 1.29 is 9.21 Å². The first-order chi connectivity index (χ1) is 8.50. The Balaban J connectivity index is 2.28. The van der Waals surface area contributed by atoms with Gasteiger partial charge in [0.25, 0.3) is 11.5 Å². The third-order valence-corrected chi connectivity index (χ3v) is 2.71. The molecule has 2 aromatic heterocycles. The predicted octanol–water partition coefficient (Wildman–Crippen LogP) is 2.26. The molecular formula is C11H12ClN3O3. The fourth-order valence-corrected chi connectivity index (χ4v) is 1.64. The van der Waals surface area contributed by atoms with Crippen LogP contribution in [0.5, 0.6) is 0 Å². The molecule has 6 nitrogen and oxygen atoms in total. The molecular weight excluding hydrogens is 258 g/mol. The summed E-state index contributed by atoms with van der Waals surface area (Å²) in [7, 11) is 0. The molecule has 0 aliphatic rings. The summed E-state index contributed by atoms with van der Waals surface area (Å²) in [6, 6.07) is 3.03. The van der Waals surface area contributed by atoms with E-state index in [-0.39, 0.29) is 28.2 Å². The highest BCUT2D eigenvalue weighted by atomic mass is 35.5. The van der Waals surface area contributed by atoms with Gasteiger partial charge in [-0.05, 0) is 26.0 Å². The van der Waals surface area contributed by atoms with Crippen LogP contribution >= 0.6 is 11.6 Å². The second-order valence-corrected chi connectivity index (χ2v) is 4.38. The van der Waals surface area contributed by atoms with E-state index >= 15 is 0 Å². The molecule has 0 unspecified atom stereocenters. The molecule has 0 saturated heterocycles. The van der Waals surface area contributed by atoms with Crippen molar-refractivity contribution in [3.05, 3.63) is 39.5 Å². The average Bonchev–Trinajstić information content (AvgIpc) is 2.92. The highest BCUT2D eigenvalue weighted by molar-refractivity contribution is 6.33. The van der Waals surface area contributed by atoms with E-state index in [1.807, 2.05) is 13.8 Å². The highest BCUT2D eigenvalue weighted by Gasteiger charge is 2.17. The number of nitrogens with one attached hydrogen (secondary N) is 2. The fourth-order valence-electron chi connectivity index (χ4n) is 1.46. The molecule has 0 fully saturated rings. The maximum Gasteiger partial charge on any atom is 0.292 e. The molecule has 0 spiro atoms. The maximum atomic E-state index is 11.7. The summed E-state index contributed by atoms with van der Waals surface area (Å²) in [5.41, 5.74) is -0.374. The van der Waals surface area contributed by atoms with E-state index in [1.165, 1.54) is 17.0 Å². The standard InChI is InChI=1S/C11H12ClN3O3/c1-6(2)15-11(17)8(12)9(14-15)13-10(16)7-4-3-5-18-7/h3-6,14H,1-2H3,(H,13,16). The molecule has 0 radical (unpaired) electrons. The third-order valence-electron chi connectivity index (χ3n) is 2.36. The van der Waals surface area contributed by atoms with E-state index in [4.69, 9.17) is 16.0 Å². The number of anilines is 1. The Morgan fingerprint density at radius 3 is 2.78 bits per heavy atom. The summed E-state index contributed by atoms with van der Waals surface area (Å²) in [4.78, 5) is 23.4. The maximum absolute atomic E-state index is 11.7. The molecule has 0 aliphatic heterocycles. The lowest BCUT2D eigenvalue weighted by Gasteiger charge is -2.04. The number of aromatic amines is 1. The van der Waals surface area contributed by atoms with E-state index in [2.05, 4.69) is 10.4 Å². The second-order valence-electron chi connectivity index (χ2n) is 4.00. The van der Waals surface area contributed by atoms with Crippen molar-refractivity contribution in [1.82, 2.24) is 9.78 Å². The summed E-state index contributed by atoms with van der Waals surface area (Å²) in [6.07, 6.45) is 1.39. The van der Waals surface area contributed by atoms with Crippen molar-refractivity contribution in [3.8, 4) is 0 Å². The number of furan rings is 1. The zero-order valence-corrected chi connectivity index (χ0v) is 10.6. The minimum atomic E-state index is -0.473. The van der Waals surface area contributed by atoms with Crippen LogP contribution < -0.4 is 10.9 Å². The van der Waals surface area contributed by atoms with Gasteiger partial charge in [0.2, 0.25) is 0 Å². The number of nitrogens with zero attached hydrogens (tertiary/aromatic N) is 1. The number of aromatic nitrogens is 2. The number of halogens is 1. The topological polar surface area (TPSA) is 80.0 Å². The lowest BCUT2D eigenvalue weighted by molar-refractivity contribution is 0.0996. The Bertz CT molecular complexity index is 610. The Morgan fingerprint density at radius 2 is 2.28 bits per heavy atom. The van der Waals surface area contributed by atoms with Crippen LogP contribution in [0.4, 0.5) is 5.82 Å². The van der Waals surface area contributed by atoms with Crippen molar-refractivity contribution in [3.63, 3.8) is 0 Å². The van der Waals surface area contributed by atoms with Gasteiger partial charge in [-0.25, -0.2) is 4.68 Å². The van der Waals surface area contributed by atoms with Gasteiger partial charge in [-0.3, -0.25) is 14.7 Å². The van der Waals surface area contributed by atoms with Crippen LogP contribution in [0.1, 0.15) is 30.4 Å². The van der Waals surface area contributed by atoms with Gasteiger partial charge in [0.05, 0.1) is 6.26 Å². The molecule has 0 aromatic carbocycles. The largest absolute Gasteiger partial charge is 0.459 e. The Morgan fingerprint density at radius 1 is 1.56 bits per heavy atom. The molecule has 0 saturated carbocycles. The van der Waals surface area contributed by atoms with E-state index in [0.717, 1.165) is 0 Å². The van der Waals surface area contributed by atoms with Crippen molar-refractivity contribution in [1.29, 1.82) is 0 Å². The predicted molar refractivity (Wildman–Crippen MR) is 67.1 cm³/mol. The normalized spacial score (nSPS) is 10.9. The van der Waals surface area contributed by atoms with Crippen LogP contribution in [0, 0.1) is 0 Å². The minimum absolute atomic E-state index is 0.0522. The summed E-state index contributed by atoms with van der Waals surface area (Å²) < 4.78 is 6.27. The van der Waals surface area contributed by atoms with Crippen molar-refractivity contribution in [2.75, 3.05) is 5.32 Å². The lowest BCUT2D eigenvalue weighted by atomic mass is 10.4. The van der Waals surface area contributed by atoms with Crippen LogP contribution in [0.3, 0.4) is 0 Å². The van der Waals surface area contributed by atoms with Crippen LogP contribution in [0.25, 0.3) is 0 Å². The van der Waals surface area contributed by atoms with E-state index in [0.29, 0.717) is 0 Å². The molecule has 2 aromatic rings. The number of amides is 1. The average molecular weight is 270 g/mol. The molecule has 2 heterocycles. The van der Waals surface area contributed by atoms with Gasteiger partial charge in [0, 0.05) is 6.04 Å². The van der Waals surface area contributed by atoms with Gasteiger partial charge in [-0.2, -0.15) is 0 Å². The number of carbonyl (C=O) groups excluding carboxylic acids is 1. The van der Waals surface area contributed by atoms with E-state index < -0.39 is 5.91 Å². The first-order valence-corrected chi connectivity index (χ1v) is 5.73. The Hall–Kier alpha value is -1.95. The number of carbonyl (C=O) groups is 1. The van der Waals surface area contributed by atoms with Gasteiger partial charge >= 0.3 is 0 Å². The van der Waals surface area contributed by atoms with Gasteiger partial charge < -0.3 is 9.73 Å². The third kappa shape index (κ3) is 2.19. The molecule has 0 atom stereocenters. The molecule has 0 bridgehead atoms. The van der Waals surface area contributed by atoms with E-state index in [9.17, 15) is 9.59 Å². The smallest absolute Gasteiger partial charge is 0.292 e. The summed E-state index contributed by atoms with van der Waals surface area (Å²) in [5.74, 6) is -0.167. The molecule has 0 aliphatic carbocycles. The quantitative estimate of drug-likeness (QED) is 0.897. The van der Waals surface area contributed by atoms with Crippen LogP contribution in [-0.2, 0) is 0 Å². The first kappa shape index (κ1) is 12.5. The van der Waals surface area contributed by atoms with Gasteiger partial charge in [0.15, 0.2) is 5.76 Å². The van der Waals surface area contributed by atoms with Crippen LogP contribution in [-0.4, -0.2) is 15.7 Å². The minimum Gasteiger partial charge on any atom is -0.459 e. The number of rotatable bonds is 3. The Kier molecular flexibility index (Phi) is 3.29. The molecule has 7 heteroatoms. The molecule has 18 heavy (non-hydrogen) atoms. The van der Waals surface area contributed by atoms with Gasteiger partial charge in [0.1, 0.15) is 10.8 Å². The zero-order valence-electron chi connectivity index (χ0n) is 9.86. The fraction of sp³-hybridized carbons (Fsp3) is 0.273. The van der Waals surface area contributed by atoms with Gasteiger partial charge in [-0.15, -0.1) is 0 Å². The highest BCUT2D eigenvalue weighted by Crippen LogP contribution is 2.17. The van der Waals surface area contributed by atoms with Crippen LogP contribution in [0.2, 0.25) is 5.02 Å². The summed E-state index contributed by atoms with van der Waals surface area (Å²) in [6.45, 7) is 3.65. The number of hydrogen-bond acceptors (Lipinski definition) is 3. The zero-order chi connectivity index (χ0) is 13.3. The lowest BCUT2D eigenvalue weighted by Crippen LogP contribution is -2.18. The molecule has 2 N–H and O–H groups in total.